The van der Waals surface area contributed by atoms with Crippen molar-refractivity contribution in [3.8, 4) is 0 Å². The zero-order chi connectivity index (χ0) is 20.1. The van der Waals surface area contributed by atoms with Crippen molar-refractivity contribution in [1.82, 2.24) is 4.90 Å². The van der Waals surface area contributed by atoms with Crippen LogP contribution in [0.25, 0.3) is 0 Å². The molecular formula is C21H31N3O4. The maximum absolute atomic E-state index is 12.5. The van der Waals surface area contributed by atoms with E-state index in [2.05, 4.69) is 30.1 Å². The molecule has 0 radical (unpaired) electrons. The van der Waals surface area contributed by atoms with Crippen molar-refractivity contribution < 1.29 is 19.1 Å². The van der Waals surface area contributed by atoms with E-state index in [0.717, 1.165) is 30.0 Å². The summed E-state index contributed by atoms with van der Waals surface area (Å²) in [5, 5.41) is 2.88. The molecule has 7 heteroatoms. The second-order valence-corrected chi connectivity index (χ2v) is 7.38. The first-order chi connectivity index (χ1) is 13.5. The Kier molecular flexibility index (Phi) is 6.57. The van der Waals surface area contributed by atoms with Crippen molar-refractivity contribution in [1.29, 1.82) is 0 Å². The summed E-state index contributed by atoms with van der Waals surface area (Å²) in [5.41, 5.74) is 2.87. The van der Waals surface area contributed by atoms with Crippen LogP contribution in [-0.2, 0) is 19.1 Å². The lowest BCUT2D eigenvalue weighted by Gasteiger charge is -2.37. The van der Waals surface area contributed by atoms with E-state index in [1.54, 1.807) is 4.90 Å². The highest BCUT2D eigenvalue weighted by molar-refractivity contribution is 6.04. The third kappa shape index (κ3) is 4.64. The molecule has 0 unspecified atom stereocenters. The minimum Gasteiger partial charge on any atom is -0.372 e. The molecule has 7 nitrogen and oxygen atoms in total. The average Bonchev–Trinajstić information content (AvgIpc) is 3.13. The Balaban J connectivity index is 1.52. The molecule has 2 aliphatic rings. The number of rotatable bonds is 6. The van der Waals surface area contributed by atoms with E-state index in [1.807, 2.05) is 19.1 Å². The largest absolute Gasteiger partial charge is 0.372 e. The topological polar surface area (TPSA) is 71.1 Å². The Morgan fingerprint density at radius 1 is 1.14 bits per heavy atom. The van der Waals surface area contributed by atoms with Crippen LogP contribution in [-0.4, -0.2) is 61.9 Å². The molecule has 1 aromatic carbocycles. The first kappa shape index (κ1) is 20.6. The lowest BCUT2D eigenvalue weighted by Crippen LogP contribution is -2.47. The summed E-state index contributed by atoms with van der Waals surface area (Å²) in [7, 11) is 0. The van der Waals surface area contributed by atoms with Crippen LogP contribution in [0.5, 0.6) is 0 Å². The number of nitrogens with zero attached hydrogens (tertiary/aromatic N) is 2. The first-order valence-electron chi connectivity index (χ1n) is 10.2. The third-order valence-electron chi connectivity index (χ3n) is 5.62. The van der Waals surface area contributed by atoms with Crippen LogP contribution in [0.15, 0.2) is 18.2 Å². The van der Waals surface area contributed by atoms with E-state index >= 15 is 0 Å². The van der Waals surface area contributed by atoms with Gasteiger partial charge >= 0.3 is 0 Å². The van der Waals surface area contributed by atoms with Crippen molar-refractivity contribution >= 4 is 23.2 Å². The van der Waals surface area contributed by atoms with E-state index in [0.29, 0.717) is 39.1 Å². The van der Waals surface area contributed by atoms with E-state index in [-0.39, 0.29) is 18.2 Å². The number of benzene rings is 1. The van der Waals surface area contributed by atoms with Gasteiger partial charge in [-0.1, -0.05) is 0 Å². The fourth-order valence-electron chi connectivity index (χ4n) is 3.90. The number of hydrogen-bond acceptors (Lipinski definition) is 5. The number of hydrogen-bond donors (Lipinski definition) is 1. The Morgan fingerprint density at radius 3 is 2.36 bits per heavy atom. The Morgan fingerprint density at radius 2 is 1.79 bits per heavy atom. The number of amides is 2. The van der Waals surface area contributed by atoms with Gasteiger partial charge in [0.05, 0.1) is 13.2 Å². The van der Waals surface area contributed by atoms with E-state index < -0.39 is 5.79 Å². The molecule has 2 saturated heterocycles. The van der Waals surface area contributed by atoms with Gasteiger partial charge in [0, 0.05) is 50.4 Å². The van der Waals surface area contributed by atoms with Gasteiger partial charge in [-0.15, -0.1) is 0 Å². The molecule has 0 saturated carbocycles. The molecule has 3 rings (SSSR count). The standard InChI is InChI=1S/C21H31N3O4/c1-4-23(5-2)17-6-7-18(16(3)14-17)22-19(25)15-20(26)24-10-8-21(9-11-24)27-12-13-28-21/h6-7,14H,4-5,8-13,15H2,1-3H3,(H,22,25). The van der Waals surface area contributed by atoms with Gasteiger partial charge in [0.25, 0.3) is 0 Å². The normalized spacial score (nSPS) is 18.3. The molecule has 1 spiro atoms. The zero-order valence-corrected chi connectivity index (χ0v) is 17.1. The van der Waals surface area contributed by atoms with Crippen molar-refractivity contribution in [2.24, 2.45) is 0 Å². The maximum atomic E-state index is 12.5. The van der Waals surface area contributed by atoms with Crippen LogP contribution in [0.2, 0.25) is 0 Å². The van der Waals surface area contributed by atoms with Crippen LogP contribution in [0.3, 0.4) is 0 Å². The molecule has 2 fully saturated rings. The van der Waals surface area contributed by atoms with Gasteiger partial charge in [0.1, 0.15) is 6.42 Å². The van der Waals surface area contributed by atoms with Crippen molar-refractivity contribution in [2.75, 3.05) is 49.6 Å². The minimum absolute atomic E-state index is 0.147. The molecule has 2 amide bonds. The number of carbonyl (C=O) groups excluding carboxylic acids is 2. The Labute approximate surface area is 167 Å². The van der Waals surface area contributed by atoms with E-state index in [9.17, 15) is 9.59 Å². The van der Waals surface area contributed by atoms with Gasteiger partial charge in [0.15, 0.2) is 5.79 Å². The van der Waals surface area contributed by atoms with Crippen LogP contribution < -0.4 is 10.2 Å². The maximum Gasteiger partial charge on any atom is 0.233 e. The highest BCUT2D eigenvalue weighted by atomic mass is 16.7. The van der Waals surface area contributed by atoms with Gasteiger partial charge in [-0.2, -0.15) is 0 Å². The summed E-state index contributed by atoms with van der Waals surface area (Å²) in [4.78, 5) is 28.8. The number of nitrogens with one attached hydrogen (secondary N) is 1. The molecule has 28 heavy (non-hydrogen) atoms. The summed E-state index contributed by atoms with van der Waals surface area (Å²) in [6, 6.07) is 5.98. The molecular weight excluding hydrogens is 358 g/mol. The van der Waals surface area contributed by atoms with Crippen LogP contribution >= 0.6 is 0 Å². The summed E-state index contributed by atoms with van der Waals surface area (Å²) < 4.78 is 11.4. The average molecular weight is 389 g/mol. The quantitative estimate of drug-likeness (QED) is 0.757. The fraction of sp³-hybridized carbons (Fsp3) is 0.619. The Bertz CT molecular complexity index is 702. The van der Waals surface area contributed by atoms with Gasteiger partial charge < -0.3 is 24.6 Å². The van der Waals surface area contributed by atoms with Crippen molar-refractivity contribution in [2.45, 2.75) is 45.8 Å². The SMILES string of the molecule is CCN(CC)c1ccc(NC(=O)CC(=O)N2CCC3(CC2)OCCO3)c(C)c1. The molecule has 2 aliphatic heterocycles. The summed E-state index contributed by atoms with van der Waals surface area (Å²) >= 11 is 0. The van der Waals surface area contributed by atoms with Crippen LogP contribution in [0, 0.1) is 6.92 Å². The van der Waals surface area contributed by atoms with Crippen LogP contribution in [0.1, 0.15) is 38.7 Å². The van der Waals surface area contributed by atoms with Crippen molar-refractivity contribution in [3.05, 3.63) is 23.8 Å². The number of aryl methyl sites for hydroxylation is 1. The summed E-state index contributed by atoms with van der Waals surface area (Å²) in [6.07, 6.45) is 1.17. The second kappa shape index (κ2) is 8.92. The van der Waals surface area contributed by atoms with Gasteiger partial charge in [-0.05, 0) is 44.5 Å². The number of likely N-dealkylation sites (tertiary alicyclic amines) is 1. The molecule has 0 bridgehead atoms. The van der Waals surface area contributed by atoms with Crippen molar-refractivity contribution in [3.63, 3.8) is 0 Å². The minimum atomic E-state index is -0.511. The van der Waals surface area contributed by atoms with Gasteiger partial charge in [0.2, 0.25) is 11.8 Å². The van der Waals surface area contributed by atoms with Gasteiger partial charge in [-0.3, -0.25) is 9.59 Å². The highest BCUT2D eigenvalue weighted by Gasteiger charge is 2.40. The second-order valence-electron chi connectivity index (χ2n) is 7.38. The number of piperidine rings is 1. The predicted octanol–water partition coefficient (Wildman–Crippen LogP) is 2.54. The smallest absolute Gasteiger partial charge is 0.233 e. The third-order valence-corrected chi connectivity index (χ3v) is 5.62. The monoisotopic (exact) mass is 389 g/mol. The fourth-order valence-corrected chi connectivity index (χ4v) is 3.90. The molecule has 2 heterocycles. The molecule has 0 aliphatic carbocycles. The van der Waals surface area contributed by atoms with E-state index in [4.69, 9.17) is 9.47 Å². The predicted molar refractivity (Wildman–Crippen MR) is 108 cm³/mol. The highest BCUT2D eigenvalue weighted by Crippen LogP contribution is 2.31. The number of carbonyl (C=O) groups is 2. The molecule has 0 aromatic heterocycles. The molecule has 1 N–H and O–H groups in total. The number of anilines is 2. The number of ether oxygens (including phenoxy) is 2. The Hall–Kier alpha value is -2.12. The molecule has 0 atom stereocenters. The van der Waals surface area contributed by atoms with Gasteiger partial charge in [-0.25, -0.2) is 0 Å². The van der Waals surface area contributed by atoms with Crippen LogP contribution in [0.4, 0.5) is 11.4 Å². The van der Waals surface area contributed by atoms with E-state index in [1.165, 1.54) is 0 Å². The lowest BCUT2D eigenvalue weighted by molar-refractivity contribution is -0.187. The first-order valence-corrected chi connectivity index (χ1v) is 10.2. The summed E-state index contributed by atoms with van der Waals surface area (Å²) in [5.74, 6) is -0.942. The molecule has 1 aromatic rings. The lowest BCUT2D eigenvalue weighted by atomic mass is 10.0. The summed E-state index contributed by atoms with van der Waals surface area (Å²) in [6.45, 7) is 10.4. The zero-order valence-electron chi connectivity index (χ0n) is 17.1. The molecule has 154 valence electrons.